The maximum absolute atomic E-state index is 13.2. The van der Waals surface area contributed by atoms with Crippen LogP contribution in [0.5, 0.6) is 5.75 Å². The van der Waals surface area contributed by atoms with Crippen LogP contribution in [0.15, 0.2) is 66.9 Å². The van der Waals surface area contributed by atoms with Gasteiger partial charge in [-0.2, -0.15) is 13.2 Å². The SMILES string of the molecule is Oc1c(-c2ccccc2)sc(N2C=CCCC2)c1-c1cccc(C(F)(F)F)c1. The Bertz CT molecular complexity index is 1010. The fourth-order valence-electron chi connectivity index (χ4n) is 3.33. The van der Waals surface area contributed by atoms with Gasteiger partial charge >= 0.3 is 6.18 Å². The molecule has 0 saturated heterocycles. The summed E-state index contributed by atoms with van der Waals surface area (Å²) in [4.78, 5) is 2.66. The fourth-order valence-corrected chi connectivity index (χ4v) is 4.57. The summed E-state index contributed by atoms with van der Waals surface area (Å²) in [5.41, 5.74) is 0.920. The molecule has 2 heterocycles. The Kier molecular flexibility index (Phi) is 4.89. The summed E-state index contributed by atoms with van der Waals surface area (Å²) in [6.45, 7) is 0.761. The third kappa shape index (κ3) is 3.52. The van der Waals surface area contributed by atoms with E-state index in [-0.39, 0.29) is 5.75 Å². The maximum Gasteiger partial charge on any atom is 0.416 e. The van der Waals surface area contributed by atoms with Gasteiger partial charge in [0, 0.05) is 12.7 Å². The number of alkyl halides is 3. The van der Waals surface area contributed by atoms with Gasteiger partial charge in [0.05, 0.1) is 16.0 Å². The highest BCUT2D eigenvalue weighted by molar-refractivity contribution is 7.20. The maximum atomic E-state index is 13.2. The molecule has 0 spiro atoms. The van der Waals surface area contributed by atoms with Crippen LogP contribution in [0.3, 0.4) is 0 Å². The Morgan fingerprint density at radius 1 is 0.964 bits per heavy atom. The molecular formula is C22H18F3NOS. The largest absolute Gasteiger partial charge is 0.506 e. The van der Waals surface area contributed by atoms with Gasteiger partial charge in [0.15, 0.2) is 0 Å². The van der Waals surface area contributed by atoms with Crippen molar-refractivity contribution in [1.82, 2.24) is 0 Å². The number of allylic oxidation sites excluding steroid dienone is 1. The smallest absolute Gasteiger partial charge is 0.416 e. The summed E-state index contributed by atoms with van der Waals surface area (Å²) in [6, 6.07) is 14.6. The highest BCUT2D eigenvalue weighted by Gasteiger charge is 2.32. The summed E-state index contributed by atoms with van der Waals surface area (Å²) >= 11 is 1.40. The van der Waals surface area contributed by atoms with Crippen molar-refractivity contribution in [3.63, 3.8) is 0 Å². The summed E-state index contributed by atoms with van der Waals surface area (Å²) in [7, 11) is 0. The van der Waals surface area contributed by atoms with Crippen molar-refractivity contribution in [3.8, 4) is 27.3 Å². The first kappa shape index (κ1) is 18.6. The van der Waals surface area contributed by atoms with E-state index in [1.807, 2.05) is 47.5 Å². The van der Waals surface area contributed by atoms with Gasteiger partial charge in [-0.15, -0.1) is 11.3 Å². The quantitative estimate of drug-likeness (QED) is 0.515. The van der Waals surface area contributed by atoms with Gasteiger partial charge in [0.1, 0.15) is 10.8 Å². The number of aromatic hydroxyl groups is 1. The topological polar surface area (TPSA) is 23.5 Å². The lowest BCUT2D eigenvalue weighted by Crippen LogP contribution is -2.19. The first-order valence-electron chi connectivity index (χ1n) is 8.97. The molecule has 0 amide bonds. The van der Waals surface area contributed by atoms with E-state index in [1.165, 1.54) is 17.4 Å². The number of nitrogens with zero attached hydrogens (tertiary/aromatic N) is 1. The highest BCUT2D eigenvalue weighted by Crippen LogP contribution is 2.52. The molecule has 0 saturated carbocycles. The van der Waals surface area contributed by atoms with Gasteiger partial charge in [-0.25, -0.2) is 0 Å². The van der Waals surface area contributed by atoms with E-state index in [2.05, 4.69) is 0 Å². The molecule has 2 nitrogen and oxygen atoms in total. The number of hydrogen-bond donors (Lipinski definition) is 1. The lowest BCUT2D eigenvalue weighted by molar-refractivity contribution is -0.137. The summed E-state index contributed by atoms with van der Waals surface area (Å²) in [5.74, 6) is 0.0181. The van der Waals surface area contributed by atoms with Gasteiger partial charge in [0.25, 0.3) is 0 Å². The van der Waals surface area contributed by atoms with Crippen LogP contribution in [0.2, 0.25) is 0 Å². The van der Waals surface area contributed by atoms with Gasteiger partial charge in [-0.3, -0.25) is 0 Å². The van der Waals surface area contributed by atoms with Gasteiger partial charge in [0.2, 0.25) is 0 Å². The average molecular weight is 401 g/mol. The number of thiophene rings is 1. The highest BCUT2D eigenvalue weighted by atomic mass is 32.1. The third-order valence-corrected chi connectivity index (χ3v) is 5.96. The van der Waals surface area contributed by atoms with Crippen LogP contribution in [-0.2, 0) is 6.18 Å². The molecule has 0 aliphatic carbocycles. The van der Waals surface area contributed by atoms with Crippen LogP contribution in [-0.4, -0.2) is 11.7 Å². The first-order valence-corrected chi connectivity index (χ1v) is 9.79. The minimum absolute atomic E-state index is 0.0181. The second-order valence-electron chi connectivity index (χ2n) is 6.62. The predicted octanol–water partition coefficient (Wildman–Crippen LogP) is 6.92. The third-order valence-electron chi connectivity index (χ3n) is 4.70. The first-order chi connectivity index (χ1) is 13.4. The van der Waals surface area contributed by atoms with Crippen LogP contribution < -0.4 is 4.90 Å². The number of benzene rings is 2. The molecule has 28 heavy (non-hydrogen) atoms. The van der Waals surface area contributed by atoms with Crippen molar-refractivity contribution in [3.05, 3.63) is 72.4 Å². The molecule has 0 fully saturated rings. The van der Waals surface area contributed by atoms with Crippen LogP contribution in [0, 0.1) is 0 Å². The number of anilines is 1. The van der Waals surface area contributed by atoms with E-state index in [0.717, 1.165) is 42.1 Å². The van der Waals surface area contributed by atoms with Crippen molar-refractivity contribution in [2.45, 2.75) is 19.0 Å². The second-order valence-corrected chi connectivity index (χ2v) is 7.62. The lowest BCUT2D eigenvalue weighted by atomic mass is 10.0. The van der Waals surface area contributed by atoms with Crippen LogP contribution in [0.1, 0.15) is 18.4 Å². The molecule has 0 atom stereocenters. The monoisotopic (exact) mass is 401 g/mol. The van der Waals surface area contributed by atoms with Gasteiger partial charge < -0.3 is 10.0 Å². The molecule has 1 aromatic heterocycles. The van der Waals surface area contributed by atoms with Crippen molar-refractivity contribution < 1.29 is 18.3 Å². The van der Waals surface area contributed by atoms with E-state index < -0.39 is 11.7 Å². The Hall–Kier alpha value is -2.73. The standard InChI is InChI=1S/C22H18F3NOS/c23-22(24,25)17-11-7-10-16(14-17)18-19(27)20(15-8-3-1-4-9-15)28-21(18)26-12-5-2-6-13-26/h1,3-5,7-12,14,27H,2,6,13H2. The van der Waals surface area contributed by atoms with Crippen LogP contribution in [0.4, 0.5) is 18.2 Å². The van der Waals surface area contributed by atoms with E-state index in [1.54, 1.807) is 6.07 Å². The molecule has 3 aromatic rings. The van der Waals surface area contributed by atoms with E-state index >= 15 is 0 Å². The molecule has 4 rings (SSSR count). The molecule has 1 N–H and O–H groups in total. The van der Waals surface area contributed by atoms with Crippen molar-refractivity contribution >= 4 is 16.3 Å². The summed E-state index contributed by atoms with van der Waals surface area (Å²) < 4.78 is 39.7. The van der Waals surface area contributed by atoms with Crippen LogP contribution in [0.25, 0.3) is 21.6 Å². The van der Waals surface area contributed by atoms with E-state index in [0.29, 0.717) is 16.0 Å². The zero-order valence-electron chi connectivity index (χ0n) is 14.9. The Balaban J connectivity index is 1.91. The van der Waals surface area contributed by atoms with Crippen molar-refractivity contribution in [2.24, 2.45) is 0 Å². The molecule has 1 aliphatic heterocycles. The van der Waals surface area contributed by atoms with Crippen molar-refractivity contribution in [2.75, 3.05) is 11.4 Å². The molecule has 6 heteroatoms. The summed E-state index contributed by atoms with van der Waals surface area (Å²) in [6.07, 6.45) is 1.48. The van der Waals surface area contributed by atoms with Gasteiger partial charge in [-0.05, 0) is 36.1 Å². The summed E-state index contributed by atoms with van der Waals surface area (Å²) in [5, 5.41) is 11.8. The number of hydrogen-bond acceptors (Lipinski definition) is 3. The predicted molar refractivity (Wildman–Crippen MR) is 108 cm³/mol. The normalized spacial score (nSPS) is 14.5. The zero-order chi connectivity index (χ0) is 19.7. The second kappa shape index (κ2) is 7.36. The molecular weight excluding hydrogens is 383 g/mol. The Morgan fingerprint density at radius 3 is 2.39 bits per heavy atom. The molecule has 0 bridgehead atoms. The minimum Gasteiger partial charge on any atom is -0.506 e. The Labute approximate surface area is 165 Å². The number of rotatable bonds is 3. The van der Waals surface area contributed by atoms with E-state index in [9.17, 15) is 18.3 Å². The minimum atomic E-state index is -4.44. The average Bonchev–Trinajstić information content (AvgIpc) is 3.06. The molecule has 0 radical (unpaired) electrons. The Morgan fingerprint density at radius 2 is 1.71 bits per heavy atom. The molecule has 2 aromatic carbocycles. The molecule has 0 unspecified atom stereocenters. The van der Waals surface area contributed by atoms with E-state index in [4.69, 9.17) is 0 Å². The lowest BCUT2D eigenvalue weighted by Gasteiger charge is -2.23. The molecule has 144 valence electrons. The zero-order valence-corrected chi connectivity index (χ0v) is 15.7. The van der Waals surface area contributed by atoms with Crippen LogP contribution >= 0.6 is 11.3 Å². The van der Waals surface area contributed by atoms with Crippen molar-refractivity contribution in [1.29, 1.82) is 0 Å². The van der Waals surface area contributed by atoms with Gasteiger partial charge in [-0.1, -0.05) is 48.5 Å². The number of halogens is 3. The fraction of sp³-hybridized carbons (Fsp3) is 0.182. The molecule has 1 aliphatic rings.